The highest BCUT2D eigenvalue weighted by Gasteiger charge is 2.19. The maximum atomic E-state index is 6.41. The Hall–Kier alpha value is -9.19. The molecule has 0 saturated carbocycles. The summed E-state index contributed by atoms with van der Waals surface area (Å²) in [6, 6.07) is 83.0. The van der Waals surface area contributed by atoms with Crippen LogP contribution in [0.5, 0.6) is 0 Å². The summed E-state index contributed by atoms with van der Waals surface area (Å²) in [5, 5.41) is 4.46. The highest BCUT2D eigenvalue weighted by atomic mass is 16.3. The van der Waals surface area contributed by atoms with Crippen LogP contribution in [0.1, 0.15) is 0 Å². The SMILES string of the molecule is c1ccc(-c2ccc3c(c2)[nH]c2c(-c4ccc(-c5ccc(-c6ccc(-c7nc(-c8ccccc8)nc(-c8cccc9oc%10ccc(-c%11ccccc%11)cc%10c89)n7)cc6)cc5)cc4)cccc23)cc1. The fourth-order valence-electron chi connectivity index (χ4n) is 9.65. The first-order valence-electron chi connectivity index (χ1n) is 22.9. The van der Waals surface area contributed by atoms with Crippen molar-refractivity contribution < 1.29 is 4.42 Å². The summed E-state index contributed by atoms with van der Waals surface area (Å²) in [4.78, 5) is 19.1. The van der Waals surface area contributed by atoms with Gasteiger partial charge in [-0.2, -0.15) is 0 Å². The standard InChI is InChI=1S/C63H40N4O/c1-4-12-40(13-5-1)49-35-37-57-55(38-49)59-54(20-11-21-58(59)68-57)63-66-61(47-16-8-3-9-17-47)65-62(67-63)48-32-28-45(29-33-48)43-24-22-42(23-25-43)44-26-30-46(31-27-44)51-18-10-19-53-52-36-34-50(39-56(52)64-60(51)53)41-14-6-2-7-15-41/h1-39,64H. The number of nitrogens with zero attached hydrogens (tertiary/aromatic N) is 3. The number of aromatic amines is 1. The first-order valence-corrected chi connectivity index (χ1v) is 22.9. The van der Waals surface area contributed by atoms with E-state index in [9.17, 15) is 0 Å². The number of fused-ring (bicyclic) bond motifs is 6. The number of para-hydroxylation sites is 1. The molecule has 318 valence electrons. The number of H-pyrrole nitrogens is 1. The lowest BCUT2D eigenvalue weighted by atomic mass is 9.97. The van der Waals surface area contributed by atoms with Crippen molar-refractivity contribution in [1.29, 1.82) is 0 Å². The number of benzene rings is 10. The Labute approximate surface area is 392 Å². The van der Waals surface area contributed by atoms with Gasteiger partial charge in [-0.3, -0.25) is 0 Å². The van der Waals surface area contributed by atoms with Gasteiger partial charge < -0.3 is 9.40 Å². The highest BCUT2D eigenvalue weighted by molar-refractivity contribution is 6.14. The van der Waals surface area contributed by atoms with Gasteiger partial charge in [0.25, 0.3) is 0 Å². The molecular formula is C63H40N4O. The maximum Gasteiger partial charge on any atom is 0.164 e. The Balaban J connectivity index is 0.793. The normalized spacial score (nSPS) is 11.5. The van der Waals surface area contributed by atoms with Crippen LogP contribution in [0.2, 0.25) is 0 Å². The van der Waals surface area contributed by atoms with Crippen LogP contribution in [-0.4, -0.2) is 19.9 Å². The van der Waals surface area contributed by atoms with E-state index in [-0.39, 0.29) is 0 Å². The van der Waals surface area contributed by atoms with Crippen LogP contribution < -0.4 is 0 Å². The minimum absolute atomic E-state index is 0.590. The van der Waals surface area contributed by atoms with Gasteiger partial charge >= 0.3 is 0 Å². The number of nitrogens with one attached hydrogen (secondary N) is 1. The summed E-state index contributed by atoms with van der Waals surface area (Å²) in [5.41, 5.74) is 18.3. The molecule has 0 saturated heterocycles. The van der Waals surface area contributed by atoms with Crippen molar-refractivity contribution in [3.8, 4) is 89.8 Å². The first-order chi connectivity index (χ1) is 33.7. The van der Waals surface area contributed by atoms with Crippen LogP contribution in [-0.2, 0) is 0 Å². The van der Waals surface area contributed by atoms with Crippen LogP contribution in [0, 0.1) is 0 Å². The zero-order chi connectivity index (χ0) is 45.0. The summed E-state index contributed by atoms with van der Waals surface area (Å²) in [6.45, 7) is 0. The summed E-state index contributed by atoms with van der Waals surface area (Å²) in [6.07, 6.45) is 0. The minimum Gasteiger partial charge on any atom is -0.456 e. The van der Waals surface area contributed by atoms with Gasteiger partial charge in [0.15, 0.2) is 17.5 Å². The molecule has 0 amide bonds. The van der Waals surface area contributed by atoms with Gasteiger partial charge in [-0.1, -0.05) is 212 Å². The molecule has 0 aliphatic carbocycles. The zero-order valence-corrected chi connectivity index (χ0v) is 36.8. The van der Waals surface area contributed by atoms with Crippen molar-refractivity contribution >= 4 is 43.7 Å². The average Bonchev–Trinajstić information content (AvgIpc) is 4.00. The van der Waals surface area contributed by atoms with Crippen molar-refractivity contribution in [3.63, 3.8) is 0 Å². The van der Waals surface area contributed by atoms with Crippen LogP contribution in [0.25, 0.3) is 134 Å². The van der Waals surface area contributed by atoms with E-state index in [0.29, 0.717) is 17.5 Å². The molecule has 5 heteroatoms. The molecule has 0 aliphatic rings. The van der Waals surface area contributed by atoms with Crippen LogP contribution in [0.15, 0.2) is 241 Å². The molecule has 0 aliphatic heterocycles. The molecule has 0 spiro atoms. The third-order valence-corrected chi connectivity index (χ3v) is 13.1. The molecule has 13 rings (SSSR count). The lowest BCUT2D eigenvalue weighted by molar-refractivity contribution is 0.669. The number of hydrogen-bond acceptors (Lipinski definition) is 4. The molecule has 5 nitrogen and oxygen atoms in total. The number of furan rings is 1. The molecule has 3 heterocycles. The van der Waals surface area contributed by atoms with Crippen molar-refractivity contribution in [2.75, 3.05) is 0 Å². The Morgan fingerprint density at radius 3 is 1.35 bits per heavy atom. The van der Waals surface area contributed by atoms with Gasteiger partial charge in [0.2, 0.25) is 0 Å². The Morgan fingerprint density at radius 2 is 0.735 bits per heavy atom. The molecule has 0 bridgehead atoms. The second-order valence-corrected chi connectivity index (χ2v) is 17.2. The third kappa shape index (κ3) is 7.02. The highest BCUT2D eigenvalue weighted by Crippen LogP contribution is 2.40. The molecule has 68 heavy (non-hydrogen) atoms. The maximum absolute atomic E-state index is 6.41. The molecule has 10 aromatic carbocycles. The van der Waals surface area contributed by atoms with Gasteiger partial charge in [0.05, 0.1) is 5.52 Å². The Kier molecular flexibility index (Phi) is 9.43. The molecule has 0 unspecified atom stereocenters. The van der Waals surface area contributed by atoms with E-state index in [2.05, 4.69) is 193 Å². The lowest BCUT2D eigenvalue weighted by Gasteiger charge is -2.10. The molecule has 0 fully saturated rings. The Bertz CT molecular complexity index is 3970. The summed E-state index contributed by atoms with van der Waals surface area (Å²) in [7, 11) is 0. The van der Waals surface area contributed by atoms with E-state index < -0.39 is 0 Å². The summed E-state index contributed by atoms with van der Waals surface area (Å²) >= 11 is 0. The fraction of sp³-hybridized carbons (Fsp3) is 0. The van der Waals surface area contributed by atoms with Crippen molar-refractivity contribution in [2.45, 2.75) is 0 Å². The minimum atomic E-state index is 0.590. The second-order valence-electron chi connectivity index (χ2n) is 17.2. The monoisotopic (exact) mass is 868 g/mol. The quantitative estimate of drug-likeness (QED) is 0.165. The smallest absolute Gasteiger partial charge is 0.164 e. The summed E-state index contributed by atoms with van der Waals surface area (Å²) < 4.78 is 6.41. The topological polar surface area (TPSA) is 67.6 Å². The average molecular weight is 869 g/mol. The molecule has 0 radical (unpaired) electrons. The van der Waals surface area contributed by atoms with E-state index in [1.54, 1.807) is 0 Å². The lowest BCUT2D eigenvalue weighted by Crippen LogP contribution is -2.00. The molecule has 0 atom stereocenters. The number of hydrogen-bond donors (Lipinski definition) is 1. The van der Waals surface area contributed by atoms with Crippen LogP contribution in [0.3, 0.4) is 0 Å². The van der Waals surface area contributed by atoms with Crippen molar-refractivity contribution in [1.82, 2.24) is 19.9 Å². The largest absolute Gasteiger partial charge is 0.456 e. The van der Waals surface area contributed by atoms with Gasteiger partial charge in [0, 0.05) is 49.3 Å². The van der Waals surface area contributed by atoms with E-state index in [1.807, 2.05) is 48.5 Å². The zero-order valence-electron chi connectivity index (χ0n) is 36.8. The Morgan fingerprint density at radius 1 is 0.279 bits per heavy atom. The van der Waals surface area contributed by atoms with Gasteiger partial charge in [0.1, 0.15) is 11.2 Å². The second kappa shape index (κ2) is 16.4. The predicted molar refractivity (Wildman–Crippen MR) is 280 cm³/mol. The fourth-order valence-corrected chi connectivity index (χ4v) is 9.65. The van der Waals surface area contributed by atoms with Gasteiger partial charge in [-0.15, -0.1) is 0 Å². The van der Waals surface area contributed by atoms with Crippen LogP contribution in [0.4, 0.5) is 0 Å². The van der Waals surface area contributed by atoms with Gasteiger partial charge in [-0.05, 0) is 74.3 Å². The van der Waals surface area contributed by atoms with Gasteiger partial charge in [-0.25, -0.2) is 15.0 Å². The third-order valence-electron chi connectivity index (χ3n) is 13.1. The molecule has 3 aromatic heterocycles. The molecular weight excluding hydrogens is 829 g/mol. The number of aromatic nitrogens is 4. The van der Waals surface area contributed by atoms with Crippen molar-refractivity contribution in [3.05, 3.63) is 237 Å². The van der Waals surface area contributed by atoms with E-state index in [0.717, 1.165) is 77.5 Å². The van der Waals surface area contributed by atoms with E-state index in [1.165, 1.54) is 38.6 Å². The number of rotatable bonds is 8. The summed E-state index contributed by atoms with van der Waals surface area (Å²) in [5.74, 6) is 1.81. The first kappa shape index (κ1) is 39.2. The molecule has 1 N–H and O–H groups in total. The molecule has 13 aromatic rings. The van der Waals surface area contributed by atoms with Crippen LogP contribution >= 0.6 is 0 Å². The van der Waals surface area contributed by atoms with E-state index >= 15 is 0 Å². The van der Waals surface area contributed by atoms with Crippen molar-refractivity contribution in [2.24, 2.45) is 0 Å². The van der Waals surface area contributed by atoms with E-state index in [4.69, 9.17) is 19.4 Å². The predicted octanol–water partition coefficient (Wildman–Crippen LogP) is 16.7.